The van der Waals surface area contributed by atoms with Crippen LogP contribution < -0.4 is 15.8 Å². The predicted octanol–water partition coefficient (Wildman–Crippen LogP) is 3.90. The molecule has 3 N–H and O–H groups in total. The molecule has 0 spiro atoms. The van der Waals surface area contributed by atoms with Crippen LogP contribution in [0.2, 0.25) is 0 Å². The van der Waals surface area contributed by atoms with Crippen molar-refractivity contribution in [2.24, 2.45) is 0 Å². The standard InChI is InChI=1S/C28H33FN5O5P/c1-16(22-21(40)10-9-19(29)23(22)35)38-25-24(30)31-15-20(32-25)17-5-7-18(8-6-17)26(36)33-11-13-34(14-12-33)27(37)39-28(2,3)4/h5-10,15-16,35H,11-14,40H2,1-4H3,(H2,30,31)/t16-/m1/s1. The molecule has 1 saturated heterocycles. The second-order valence-corrected chi connectivity index (χ2v) is 11.1. The first-order chi connectivity index (χ1) is 18.8. The molecular weight excluding hydrogens is 536 g/mol. The summed E-state index contributed by atoms with van der Waals surface area (Å²) in [4.78, 5) is 37.3. The zero-order valence-corrected chi connectivity index (χ0v) is 24.0. The number of anilines is 1. The molecule has 0 radical (unpaired) electrons. The maximum atomic E-state index is 13.9. The van der Waals surface area contributed by atoms with E-state index < -0.39 is 23.3 Å². The van der Waals surface area contributed by atoms with E-state index in [0.29, 0.717) is 48.3 Å². The molecule has 2 aromatic carbocycles. The van der Waals surface area contributed by atoms with E-state index in [4.69, 9.17) is 15.2 Å². The lowest BCUT2D eigenvalue weighted by Gasteiger charge is -2.35. The molecule has 1 unspecified atom stereocenters. The summed E-state index contributed by atoms with van der Waals surface area (Å²) in [5.74, 6) is -1.34. The number of carbonyl (C=O) groups is 2. The lowest BCUT2D eigenvalue weighted by Crippen LogP contribution is -2.51. The molecule has 1 aliphatic heterocycles. The Morgan fingerprint density at radius 3 is 2.33 bits per heavy atom. The summed E-state index contributed by atoms with van der Waals surface area (Å²) in [6, 6.07) is 9.58. The van der Waals surface area contributed by atoms with Gasteiger partial charge in [0.1, 0.15) is 11.7 Å². The molecule has 1 aliphatic rings. The van der Waals surface area contributed by atoms with Crippen molar-refractivity contribution in [3.8, 4) is 22.9 Å². The van der Waals surface area contributed by atoms with Crippen molar-refractivity contribution in [1.29, 1.82) is 0 Å². The number of piperazine rings is 1. The average Bonchev–Trinajstić information content (AvgIpc) is 2.91. The average molecular weight is 570 g/mol. The summed E-state index contributed by atoms with van der Waals surface area (Å²) in [7, 11) is 2.43. The van der Waals surface area contributed by atoms with E-state index in [1.165, 1.54) is 18.3 Å². The van der Waals surface area contributed by atoms with Crippen LogP contribution in [-0.2, 0) is 4.74 Å². The van der Waals surface area contributed by atoms with Crippen LogP contribution in [0.4, 0.5) is 15.0 Å². The first-order valence-electron chi connectivity index (χ1n) is 12.8. The van der Waals surface area contributed by atoms with E-state index in [-0.39, 0.29) is 29.3 Å². The zero-order valence-electron chi connectivity index (χ0n) is 22.8. The lowest BCUT2D eigenvalue weighted by atomic mass is 10.1. The number of hydrogen-bond acceptors (Lipinski definition) is 8. The van der Waals surface area contributed by atoms with E-state index in [0.717, 1.165) is 0 Å². The summed E-state index contributed by atoms with van der Waals surface area (Å²) in [5.41, 5.74) is 7.29. The predicted molar refractivity (Wildman–Crippen MR) is 152 cm³/mol. The van der Waals surface area contributed by atoms with Crippen LogP contribution in [0.1, 0.15) is 49.7 Å². The monoisotopic (exact) mass is 569 g/mol. The number of carbonyl (C=O) groups excluding carboxylic acids is 2. The molecule has 1 fully saturated rings. The van der Waals surface area contributed by atoms with Crippen LogP contribution in [0, 0.1) is 5.82 Å². The van der Waals surface area contributed by atoms with Gasteiger partial charge in [0.15, 0.2) is 17.4 Å². The number of nitrogens with zero attached hydrogens (tertiary/aromatic N) is 4. The van der Waals surface area contributed by atoms with E-state index in [1.807, 2.05) is 20.8 Å². The molecule has 10 nitrogen and oxygen atoms in total. The van der Waals surface area contributed by atoms with Gasteiger partial charge in [0.25, 0.3) is 11.8 Å². The smallest absolute Gasteiger partial charge is 0.410 e. The first-order valence-corrected chi connectivity index (χ1v) is 13.4. The first kappa shape index (κ1) is 29.0. The second kappa shape index (κ2) is 11.6. The number of halogens is 1. The molecule has 2 amide bonds. The number of phenols is 1. The number of amides is 2. The Bertz CT molecular complexity index is 1410. The molecule has 4 rings (SSSR count). The Hall–Kier alpha value is -3.98. The molecule has 0 aliphatic carbocycles. The minimum atomic E-state index is -0.772. The Balaban J connectivity index is 1.43. The molecule has 1 aromatic heterocycles. The third kappa shape index (κ3) is 6.59. The Morgan fingerprint density at radius 1 is 1.07 bits per heavy atom. The highest BCUT2D eigenvalue weighted by Gasteiger charge is 2.28. The van der Waals surface area contributed by atoms with Gasteiger partial charge in [0, 0.05) is 42.9 Å². The van der Waals surface area contributed by atoms with Crippen LogP contribution >= 0.6 is 9.24 Å². The zero-order chi connectivity index (χ0) is 29.2. The van der Waals surface area contributed by atoms with Crippen LogP contribution in [0.5, 0.6) is 11.6 Å². The van der Waals surface area contributed by atoms with E-state index in [1.54, 1.807) is 41.0 Å². The van der Waals surface area contributed by atoms with Crippen LogP contribution in [0.15, 0.2) is 42.6 Å². The van der Waals surface area contributed by atoms with E-state index >= 15 is 0 Å². The van der Waals surface area contributed by atoms with Gasteiger partial charge in [-0.25, -0.2) is 19.2 Å². The number of nitrogens with two attached hydrogens (primary N) is 1. The van der Waals surface area contributed by atoms with Crippen molar-refractivity contribution in [1.82, 2.24) is 19.8 Å². The van der Waals surface area contributed by atoms with Crippen LogP contribution in [0.3, 0.4) is 0 Å². The van der Waals surface area contributed by atoms with Crippen molar-refractivity contribution in [3.63, 3.8) is 0 Å². The van der Waals surface area contributed by atoms with Gasteiger partial charge in [-0.1, -0.05) is 18.2 Å². The highest BCUT2D eigenvalue weighted by atomic mass is 31.0. The number of nitrogen functional groups attached to an aromatic ring is 1. The Kier molecular flexibility index (Phi) is 8.44. The minimum absolute atomic E-state index is 0.0288. The summed E-state index contributed by atoms with van der Waals surface area (Å²) in [5, 5.41) is 10.8. The number of benzene rings is 2. The molecule has 0 saturated carbocycles. The summed E-state index contributed by atoms with van der Waals surface area (Å²) < 4.78 is 25.2. The number of hydrogen-bond donors (Lipinski definition) is 2. The molecular formula is C28H33FN5O5P. The number of phenolic OH excluding ortho intramolecular Hbond substituents is 1. The van der Waals surface area contributed by atoms with Gasteiger partial charge < -0.3 is 30.1 Å². The Morgan fingerprint density at radius 2 is 1.70 bits per heavy atom. The molecule has 212 valence electrons. The molecule has 0 bridgehead atoms. The van der Waals surface area contributed by atoms with Gasteiger partial charge >= 0.3 is 6.09 Å². The maximum absolute atomic E-state index is 13.9. The fraction of sp³-hybridized carbons (Fsp3) is 0.357. The number of aromatic hydroxyl groups is 1. The molecule has 3 aromatic rings. The second-order valence-electron chi connectivity index (χ2n) is 10.4. The van der Waals surface area contributed by atoms with Gasteiger partial charge in [-0.15, -0.1) is 9.24 Å². The fourth-order valence-electron chi connectivity index (χ4n) is 4.24. The molecule has 12 heteroatoms. The summed E-state index contributed by atoms with van der Waals surface area (Å²) in [6.45, 7) is 8.69. The van der Waals surface area contributed by atoms with Crippen molar-refractivity contribution in [2.45, 2.75) is 39.4 Å². The quantitative estimate of drug-likeness (QED) is 0.443. The largest absolute Gasteiger partial charge is 0.505 e. The summed E-state index contributed by atoms with van der Waals surface area (Å²) in [6.07, 6.45) is 0.333. The van der Waals surface area contributed by atoms with Gasteiger partial charge in [-0.2, -0.15) is 0 Å². The van der Waals surface area contributed by atoms with Crippen LogP contribution in [0.25, 0.3) is 11.3 Å². The highest BCUT2D eigenvalue weighted by Crippen LogP contribution is 2.32. The maximum Gasteiger partial charge on any atom is 0.410 e. The normalized spacial score (nSPS) is 14.6. The number of ether oxygens (including phenoxy) is 2. The van der Waals surface area contributed by atoms with Crippen molar-refractivity contribution in [2.75, 3.05) is 31.9 Å². The molecule has 2 atom stereocenters. The lowest BCUT2D eigenvalue weighted by molar-refractivity contribution is 0.0141. The van der Waals surface area contributed by atoms with Crippen molar-refractivity contribution in [3.05, 3.63) is 59.5 Å². The van der Waals surface area contributed by atoms with E-state index in [9.17, 15) is 19.1 Å². The van der Waals surface area contributed by atoms with Crippen molar-refractivity contribution < 1.29 is 28.6 Å². The van der Waals surface area contributed by atoms with Gasteiger partial charge in [-0.05, 0) is 51.2 Å². The van der Waals surface area contributed by atoms with Gasteiger partial charge in [0.05, 0.1) is 11.9 Å². The Labute approximate surface area is 234 Å². The molecule has 40 heavy (non-hydrogen) atoms. The van der Waals surface area contributed by atoms with Gasteiger partial charge in [-0.3, -0.25) is 4.79 Å². The van der Waals surface area contributed by atoms with Crippen molar-refractivity contribution >= 4 is 32.4 Å². The number of aromatic nitrogens is 2. The summed E-state index contributed by atoms with van der Waals surface area (Å²) >= 11 is 0. The SMILES string of the molecule is C[C@@H](Oc1nc(-c2ccc(C(=O)N3CCN(C(=O)OC(C)(C)C)CC3)cc2)cnc1N)c1c(P)ccc(F)c1O. The van der Waals surface area contributed by atoms with Gasteiger partial charge in [0.2, 0.25) is 0 Å². The highest BCUT2D eigenvalue weighted by molar-refractivity contribution is 7.27. The van der Waals surface area contributed by atoms with E-state index in [2.05, 4.69) is 19.2 Å². The topological polar surface area (TPSA) is 131 Å². The minimum Gasteiger partial charge on any atom is -0.505 e. The van der Waals surface area contributed by atoms with Crippen LogP contribution in [-0.4, -0.2) is 68.7 Å². The third-order valence-corrected chi connectivity index (χ3v) is 6.81. The fourth-order valence-corrected chi connectivity index (χ4v) is 4.71. The molecule has 2 heterocycles. The third-order valence-electron chi connectivity index (χ3n) is 6.31. The number of rotatable bonds is 5.